The van der Waals surface area contributed by atoms with Gasteiger partial charge in [0.05, 0.1) is 79.3 Å². The largest absolute Gasteiger partial charge is 0.445 e. The predicted octanol–water partition coefficient (Wildman–Crippen LogP) is 4.84. The van der Waals surface area contributed by atoms with Gasteiger partial charge in [0.25, 0.3) is 0 Å². The van der Waals surface area contributed by atoms with Crippen molar-refractivity contribution in [3.8, 4) is 0 Å². The van der Waals surface area contributed by atoms with Crippen molar-refractivity contribution < 1.29 is 57.0 Å². The smallest absolute Gasteiger partial charge is 0.407 e. The molecule has 59 heavy (non-hydrogen) atoms. The predicted molar refractivity (Wildman–Crippen MR) is 234 cm³/mol. The Morgan fingerprint density at radius 1 is 0.492 bits per heavy atom. The van der Waals surface area contributed by atoms with Crippen molar-refractivity contribution in [2.24, 2.45) is 17.2 Å². The van der Waals surface area contributed by atoms with E-state index in [0.717, 1.165) is 70.3 Å². The summed E-state index contributed by atoms with van der Waals surface area (Å²) in [6, 6.07) is 9.59. The maximum atomic E-state index is 11.5. The van der Waals surface area contributed by atoms with Crippen LogP contribution in [0.3, 0.4) is 0 Å². The molecule has 0 heterocycles. The summed E-state index contributed by atoms with van der Waals surface area (Å²) < 4.78 is 53.0. The number of ether oxygens (including phenoxy) is 10. The molecule has 7 N–H and O–H groups in total. The number of benzene rings is 1. The minimum absolute atomic E-state index is 0.280. The molecular formula is C42H83ClN4O12. The lowest BCUT2D eigenvalue weighted by molar-refractivity contribution is -0.109. The first-order valence-corrected chi connectivity index (χ1v) is 21.7. The number of hydrogen-bond acceptors (Lipinski definition) is 15. The number of halogens is 1. The van der Waals surface area contributed by atoms with Crippen molar-refractivity contribution in [1.82, 2.24) is 5.32 Å². The molecule has 0 aromatic heterocycles. The van der Waals surface area contributed by atoms with Gasteiger partial charge >= 0.3 is 6.09 Å². The van der Waals surface area contributed by atoms with E-state index in [1.54, 1.807) is 0 Å². The minimum Gasteiger partial charge on any atom is -0.445 e. The number of carbonyl (C=O) groups is 2. The summed E-state index contributed by atoms with van der Waals surface area (Å²) in [5, 5.41) is 2.34. The van der Waals surface area contributed by atoms with Gasteiger partial charge in [-0.2, -0.15) is 0 Å². The van der Waals surface area contributed by atoms with Crippen LogP contribution < -0.4 is 22.5 Å². The van der Waals surface area contributed by atoms with E-state index in [1.165, 1.54) is 13.3 Å². The first kappa shape index (κ1) is 61.3. The first-order chi connectivity index (χ1) is 28.9. The van der Waals surface area contributed by atoms with Gasteiger partial charge in [0.2, 0.25) is 5.24 Å². The van der Waals surface area contributed by atoms with Crippen LogP contribution in [0.5, 0.6) is 0 Å². The summed E-state index contributed by atoms with van der Waals surface area (Å²) in [5.74, 6) is 0. The Kier molecular flexibility index (Phi) is 60.3. The molecule has 0 aliphatic heterocycles. The Hall–Kier alpha value is -2.03. The van der Waals surface area contributed by atoms with Crippen LogP contribution in [0.15, 0.2) is 30.3 Å². The van der Waals surface area contributed by atoms with Crippen LogP contribution in [0.4, 0.5) is 4.79 Å². The van der Waals surface area contributed by atoms with E-state index < -0.39 is 6.09 Å². The lowest BCUT2D eigenvalue weighted by Gasteiger charge is -2.08. The summed E-state index contributed by atoms with van der Waals surface area (Å²) in [7, 11) is 0. The quantitative estimate of drug-likeness (QED) is 0.0514. The van der Waals surface area contributed by atoms with Crippen LogP contribution in [0.2, 0.25) is 0 Å². The fraction of sp³-hybridized carbons (Fsp3) is 0.810. The maximum absolute atomic E-state index is 11.5. The van der Waals surface area contributed by atoms with Gasteiger partial charge in [-0.1, -0.05) is 57.0 Å². The Labute approximate surface area is 361 Å². The van der Waals surface area contributed by atoms with E-state index in [2.05, 4.69) is 30.8 Å². The normalized spacial score (nSPS) is 10.4. The Morgan fingerprint density at radius 2 is 0.780 bits per heavy atom. The Bertz CT molecular complexity index is 879. The molecule has 0 atom stereocenters. The van der Waals surface area contributed by atoms with Gasteiger partial charge in [-0.15, -0.1) is 0 Å². The lowest BCUT2D eigenvalue weighted by Crippen LogP contribution is -2.26. The molecule has 16 nitrogen and oxygen atoms in total. The lowest BCUT2D eigenvalue weighted by atomic mass is 10.2. The van der Waals surface area contributed by atoms with Crippen LogP contribution in [0, 0.1) is 0 Å². The molecule has 0 fully saturated rings. The average molecular weight is 872 g/mol. The second-order valence-corrected chi connectivity index (χ2v) is 13.0. The molecule has 0 aliphatic rings. The Morgan fingerprint density at radius 3 is 1.08 bits per heavy atom. The van der Waals surface area contributed by atoms with E-state index >= 15 is 0 Å². The summed E-state index contributed by atoms with van der Waals surface area (Å²) in [4.78, 5) is 20.7. The summed E-state index contributed by atoms with van der Waals surface area (Å²) in [5.41, 5.74) is 16.9. The highest BCUT2D eigenvalue weighted by Crippen LogP contribution is 2.00. The van der Waals surface area contributed by atoms with Gasteiger partial charge in [0.1, 0.15) is 6.61 Å². The van der Waals surface area contributed by atoms with Gasteiger partial charge in [-0.25, -0.2) is 4.79 Å². The van der Waals surface area contributed by atoms with E-state index in [1.807, 2.05) is 30.3 Å². The van der Waals surface area contributed by atoms with Crippen molar-refractivity contribution in [1.29, 1.82) is 0 Å². The second-order valence-electron chi connectivity index (χ2n) is 12.5. The number of nitrogens with one attached hydrogen (secondary N) is 1. The first-order valence-electron chi connectivity index (χ1n) is 21.3. The molecule has 0 spiro atoms. The fourth-order valence-corrected chi connectivity index (χ4v) is 3.81. The van der Waals surface area contributed by atoms with Crippen LogP contribution in [0.1, 0.15) is 77.7 Å². The van der Waals surface area contributed by atoms with Gasteiger partial charge in [0, 0.05) is 53.1 Å². The zero-order valence-electron chi connectivity index (χ0n) is 36.8. The zero-order chi connectivity index (χ0) is 44.0. The van der Waals surface area contributed by atoms with Crippen LogP contribution in [0.25, 0.3) is 0 Å². The molecule has 0 unspecified atom stereocenters. The van der Waals surface area contributed by atoms with Gasteiger partial charge < -0.3 is 69.9 Å². The number of rotatable bonds is 39. The molecule has 1 rings (SSSR count). The molecule has 0 saturated heterocycles. The van der Waals surface area contributed by atoms with Gasteiger partial charge in [-0.05, 0) is 75.3 Å². The SMILES string of the molecule is CC(=O)Cl.CCCCOCCOCCOCCCN.CCCCOCCOCCOCCCNC(=O)OCc1ccccc1.NCCCOCCOCCOCCCN. The van der Waals surface area contributed by atoms with Crippen molar-refractivity contribution in [2.45, 2.75) is 78.7 Å². The van der Waals surface area contributed by atoms with E-state index in [-0.39, 0.29) is 11.8 Å². The third-order valence-electron chi connectivity index (χ3n) is 6.94. The molecule has 1 aromatic carbocycles. The number of nitrogens with two attached hydrogens (primary N) is 3. The van der Waals surface area contributed by atoms with Crippen molar-refractivity contribution >= 4 is 22.9 Å². The van der Waals surface area contributed by atoms with Crippen LogP contribution in [-0.2, 0) is 58.8 Å². The van der Waals surface area contributed by atoms with Crippen LogP contribution in [-0.4, -0.2) is 156 Å². The van der Waals surface area contributed by atoms with Crippen molar-refractivity contribution in [3.05, 3.63) is 35.9 Å². The summed E-state index contributed by atoms with van der Waals surface area (Å²) in [6.45, 7) is 20.3. The number of hydrogen-bond donors (Lipinski definition) is 4. The second kappa shape index (κ2) is 58.1. The molecule has 1 amide bonds. The molecule has 0 aliphatic carbocycles. The average Bonchev–Trinajstić information content (AvgIpc) is 3.23. The summed E-state index contributed by atoms with van der Waals surface area (Å²) >= 11 is 4.64. The van der Waals surface area contributed by atoms with E-state index in [4.69, 9.17) is 64.6 Å². The minimum atomic E-state index is -0.407. The third-order valence-corrected chi connectivity index (χ3v) is 6.94. The number of amides is 1. The van der Waals surface area contributed by atoms with Gasteiger partial charge in [0.15, 0.2) is 0 Å². The molecular weight excluding hydrogens is 788 g/mol. The van der Waals surface area contributed by atoms with E-state index in [9.17, 15) is 9.59 Å². The van der Waals surface area contributed by atoms with Gasteiger partial charge in [-0.3, -0.25) is 4.79 Å². The molecule has 0 saturated carbocycles. The Balaban J connectivity index is -0.000000799. The fourth-order valence-electron chi connectivity index (χ4n) is 3.81. The van der Waals surface area contributed by atoms with Crippen molar-refractivity contribution in [3.63, 3.8) is 0 Å². The highest BCUT2D eigenvalue weighted by atomic mass is 35.5. The highest BCUT2D eigenvalue weighted by Gasteiger charge is 2.02. The topological polar surface area (TPSA) is 217 Å². The highest BCUT2D eigenvalue weighted by molar-refractivity contribution is 6.62. The maximum Gasteiger partial charge on any atom is 0.407 e. The monoisotopic (exact) mass is 871 g/mol. The molecule has 1 aromatic rings. The number of unbranched alkanes of at least 4 members (excludes halogenated alkanes) is 2. The standard InChI is InChI=1S/C19H31NO5.C11H25NO3.C10H24N2O3.C2H3ClO/c1-2-3-11-22-13-15-24-16-14-23-12-7-10-20-19(21)25-17-18-8-5-4-6-9-18;1-2-3-6-13-8-10-15-11-9-14-7-4-5-12;11-3-1-5-13-7-9-15-10-8-14-6-2-4-12;1-2(3)4/h4-6,8-9H,2-3,7,10-17H2,1H3,(H,20,21);2-12H2,1H3;1-12H2;1H3. The molecule has 0 bridgehead atoms. The van der Waals surface area contributed by atoms with Crippen LogP contribution >= 0.6 is 11.6 Å². The molecule has 350 valence electrons. The molecule has 17 heteroatoms. The zero-order valence-corrected chi connectivity index (χ0v) is 37.6. The molecule has 0 radical (unpaired) electrons. The van der Waals surface area contributed by atoms with E-state index in [0.29, 0.717) is 125 Å². The number of alkyl carbamates (subject to hydrolysis) is 1. The number of carbonyl (C=O) groups excluding carboxylic acids is 2. The van der Waals surface area contributed by atoms with Crippen molar-refractivity contribution in [2.75, 3.05) is 145 Å². The summed E-state index contributed by atoms with van der Waals surface area (Å²) in [6.07, 6.45) is 7.60. The third kappa shape index (κ3) is 65.3.